The second-order valence-electron chi connectivity index (χ2n) is 8.85. The van der Waals surface area contributed by atoms with E-state index in [1.165, 1.54) is 24.3 Å². The monoisotopic (exact) mass is 475 g/mol. The Balaban J connectivity index is 1.70. The fourth-order valence-electron chi connectivity index (χ4n) is 5.38. The van der Waals surface area contributed by atoms with E-state index in [9.17, 15) is 19.7 Å². The molecule has 5 rings (SSSR count). The van der Waals surface area contributed by atoms with Gasteiger partial charge in [0.1, 0.15) is 24.2 Å². The summed E-state index contributed by atoms with van der Waals surface area (Å²) in [6.45, 7) is 3.99. The number of halogens is 1. The molecule has 176 valence electrons. The van der Waals surface area contributed by atoms with E-state index in [-0.39, 0.29) is 5.78 Å². The lowest BCUT2D eigenvalue weighted by molar-refractivity contribution is 0.0874. The Morgan fingerprint density at radius 2 is 1.75 bits per heavy atom. The van der Waals surface area contributed by atoms with Gasteiger partial charge < -0.3 is 9.64 Å². The lowest BCUT2D eigenvalue weighted by Crippen LogP contribution is -2.37. The molecule has 2 aliphatic heterocycles. The van der Waals surface area contributed by atoms with E-state index in [0.717, 1.165) is 11.1 Å². The topological polar surface area (TPSA) is 77.1 Å². The number of carbonyl (C=O) groups excluding carboxylic acids is 1. The van der Waals surface area contributed by atoms with Crippen LogP contribution in [0, 0.1) is 33.9 Å². The van der Waals surface area contributed by atoms with E-state index in [1.807, 2.05) is 35.2 Å². The van der Waals surface area contributed by atoms with Crippen molar-refractivity contribution < 1.29 is 13.9 Å². The maximum Gasteiger partial charge on any atom is 0.185 e. The lowest BCUT2D eigenvalue weighted by Gasteiger charge is -2.34. The third kappa shape index (κ3) is 3.56. The van der Waals surface area contributed by atoms with Gasteiger partial charge in [0.15, 0.2) is 11.2 Å². The van der Waals surface area contributed by atoms with Gasteiger partial charge in [0.25, 0.3) is 0 Å². The summed E-state index contributed by atoms with van der Waals surface area (Å²) in [6, 6.07) is 23.2. The zero-order valence-electron chi connectivity index (χ0n) is 19.3. The summed E-state index contributed by atoms with van der Waals surface area (Å²) in [7, 11) is 0. The van der Waals surface area contributed by atoms with Crippen molar-refractivity contribution in [2.24, 2.45) is 5.41 Å². The minimum atomic E-state index is -1.56. The molecule has 0 N–H and O–H groups in total. The van der Waals surface area contributed by atoms with E-state index >= 15 is 0 Å². The molecule has 0 unspecified atom stereocenters. The highest BCUT2D eigenvalue weighted by Crippen LogP contribution is 2.60. The third-order valence-electron chi connectivity index (χ3n) is 6.95. The molecule has 6 heteroatoms. The van der Waals surface area contributed by atoms with Crippen molar-refractivity contribution in [3.05, 3.63) is 120 Å². The number of nitriles is 2. The molecule has 1 saturated heterocycles. The molecule has 3 atom stereocenters. The fraction of sp³-hybridized carbons (Fsp3) is 0.167. The predicted octanol–water partition coefficient (Wildman–Crippen LogP) is 5.80. The Morgan fingerprint density at radius 1 is 1.06 bits per heavy atom. The maximum atomic E-state index is 14.0. The molecule has 0 aliphatic carbocycles. The van der Waals surface area contributed by atoms with Gasteiger partial charge in [-0.25, -0.2) is 4.39 Å². The van der Waals surface area contributed by atoms with Crippen molar-refractivity contribution >= 4 is 11.9 Å². The number of nitrogens with zero attached hydrogens (tertiary/aromatic N) is 3. The molecule has 0 amide bonds. The average molecular weight is 476 g/mol. The quantitative estimate of drug-likeness (QED) is 0.333. The smallest absolute Gasteiger partial charge is 0.185 e. The number of fused-ring (bicyclic) bond motifs is 3. The van der Waals surface area contributed by atoms with Crippen LogP contribution in [-0.4, -0.2) is 23.3 Å². The Kier molecular flexibility index (Phi) is 5.88. The van der Waals surface area contributed by atoms with Crippen LogP contribution in [0.4, 0.5) is 4.39 Å². The van der Waals surface area contributed by atoms with Gasteiger partial charge in [-0.1, -0.05) is 49.1 Å². The summed E-state index contributed by atoms with van der Waals surface area (Å²) in [5.41, 5.74) is 1.13. The van der Waals surface area contributed by atoms with Gasteiger partial charge in [-0.2, -0.15) is 10.5 Å². The highest BCUT2D eigenvalue weighted by atomic mass is 19.1. The highest BCUT2D eigenvalue weighted by molar-refractivity contribution is 6.01. The first-order chi connectivity index (χ1) is 17.5. The van der Waals surface area contributed by atoms with Gasteiger partial charge >= 0.3 is 0 Å². The number of ether oxygens (including phenoxy) is 1. The summed E-state index contributed by atoms with van der Waals surface area (Å²) in [4.78, 5) is 15.8. The first-order valence-corrected chi connectivity index (χ1v) is 11.5. The average Bonchev–Trinajstić information content (AvgIpc) is 3.23. The molecule has 0 radical (unpaired) electrons. The third-order valence-corrected chi connectivity index (χ3v) is 6.95. The molecule has 3 aromatic carbocycles. The highest BCUT2D eigenvalue weighted by Gasteiger charge is 2.63. The van der Waals surface area contributed by atoms with Gasteiger partial charge in [-0.3, -0.25) is 4.79 Å². The van der Waals surface area contributed by atoms with Crippen LogP contribution in [0.25, 0.3) is 6.08 Å². The number of ketones is 1. The van der Waals surface area contributed by atoms with Gasteiger partial charge in [-0.15, -0.1) is 0 Å². The van der Waals surface area contributed by atoms with Gasteiger partial charge in [0.05, 0.1) is 18.2 Å². The number of hydrogen-bond acceptors (Lipinski definition) is 5. The molecule has 0 bridgehead atoms. The van der Waals surface area contributed by atoms with Crippen LogP contribution in [0.15, 0.2) is 91.7 Å². The Hall–Kier alpha value is -4.68. The summed E-state index contributed by atoms with van der Waals surface area (Å²) in [6.07, 6.45) is 5.33. The Labute approximate surface area is 209 Å². The van der Waals surface area contributed by atoms with Gasteiger partial charge in [0.2, 0.25) is 0 Å². The van der Waals surface area contributed by atoms with E-state index in [0.29, 0.717) is 23.5 Å². The van der Waals surface area contributed by atoms with Crippen LogP contribution in [-0.2, 0) is 0 Å². The summed E-state index contributed by atoms with van der Waals surface area (Å²) < 4.78 is 19.2. The van der Waals surface area contributed by atoms with Crippen molar-refractivity contribution in [1.29, 1.82) is 10.5 Å². The second-order valence-corrected chi connectivity index (χ2v) is 8.85. The number of Topliss-reactive ketones (excluding diaryl/α,β-unsaturated/α-hetero) is 1. The molecule has 3 aromatic rings. The summed E-state index contributed by atoms with van der Waals surface area (Å²) >= 11 is 0. The van der Waals surface area contributed by atoms with Crippen molar-refractivity contribution in [1.82, 2.24) is 4.90 Å². The molecular formula is C30H22FN3O2. The zero-order valence-corrected chi connectivity index (χ0v) is 19.3. The molecule has 5 nitrogen and oxygen atoms in total. The molecular weight excluding hydrogens is 453 g/mol. The summed E-state index contributed by atoms with van der Waals surface area (Å²) in [5.74, 6) is -0.897. The van der Waals surface area contributed by atoms with Crippen molar-refractivity contribution in [2.45, 2.75) is 18.0 Å². The van der Waals surface area contributed by atoms with Crippen molar-refractivity contribution in [3.63, 3.8) is 0 Å². The van der Waals surface area contributed by atoms with Crippen LogP contribution >= 0.6 is 0 Å². The van der Waals surface area contributed by atoms with E-state index < -0.39 is 29.2 Å². The van der Waals surface area contributed by atoms with Crippen LogP contribution < -0.4 is 4.74 Å². The fourth-order valence-corrected chi connectivity index (χ4v) is 5.38. The van der Waals surface area contributed by atoms with E-state index in [4.69, 9.17) is 4.74 Å². The Bertz CT molecular complexity index is 1420. The minimum Gasteiger partial charge on any atom is -0.490 e. The molecule has 1 fully saturated rings. The number of benzene rings is 3. The minimum absolute atomic E-state index is 0.284. The molecule has 0 aromatic heterocycles. The SMILES string of the molecule is C=CCOc1ccc([C@@H]2[C@@H](C(=O)c3ccc(F)cc3)N3C=Cc4ccccc4[C@H]3C2(C#N)C#N)cc1. The largest absolute Gasteiger partial charge is 0.490 e. The Morgan fingerprint density at radius 3 is 2.42 bits per heavy atom. The van der Waals surface area contributed by atoms with Gasteiger partial charge in [0, 0.05) is 17.7 Å². The zero-order chi connectivity index (χ0) is 25.3. The van der Waals surface area contributed by atoms with Crippen LogP contribution in [0.2, 0.25) is 0 Å². The second kappa shape index (κ2) is 9.17. The van der Waals surface area contributed by atoms with Crippen LogP contribution in [0.3, 0.4) is 0 Å². The predicted molar refractivity (Wildman–Crippen MR) is 133 cm³/mol. The number of rotatable bonds is 6. The number of carbonyl (C=O) groups is 1. The van der Waals surface area contributed by atoms with Crippen molar-refractivity contribution in [2.75, 3.05) is 6.61 Å². The normalized spacial score (nSPS) is 21.0. The summed E-state index contributed by atoms with van der Waals surface area (Å²) in [5, 5.41) is 21.1. The maximum absolute atomic E-state index is 14.0. The molecule has 36 heavy (non-hydrogen) atoms. The molecule has 2 aliphatic rings. The molecule has 2 heterocycles. The van der Waals surface area contributed by atoms with E-state index in [2.05, 4.69) is 18.7 Å². The first-order valence-electron chi connectivity index (χ1n) is 11.5. The lowest BCUT2D eigenvalue weighted by atomic mass is 9.67. The standard InChI is InChI=1S/C30H22FN3O2/c1-2-17-36-24-13-9-21(10-14-24)26-27(28(35)22-7-11-23(31)12-8-22)34-16-15-20-5-3-4-6-25(20)29(34)30(26,18-32)19-33/h2-16,26-27,29H,1,17H2/t26-,27+,29+/m1/s1. The molecule has 0 saturated carbocycles. The number of hydrogen-bond donors (Lipinski definition) is 0. The van der Waals surface area contributed by atoms with Crippen molar-refractivity contribution in [3.8, 4) is 17.9 Å². The first kappa shape index (κ1) is 23.1. The molecule has 0 spiro atoms. The van der Waals surface area contributed by atoms with Crippen LogP contribution in [0.5, 0.6) is 5.75 Å². The van der Waals surface area contributed by atoms with Gasteiger partial charge in [-0.05, 0) is 59.2 Å². The van der Waals surface area contributed by atoms with E-state index in [1.54, 1.807) is 36.5 Å². The van der Waals surface area contributed by atoms with Crippen LogP contribution in [0.1, 0.15) is 39.0 Å².